The van der Waals surface area contributed by atoms with Crippen molar-refractivity contribution in [3.05, 3.63) is 90.5 Å². The highest BCUT2D eigenvalue weighted by Crippen LogP contribution is 2.25. The van der Waals surface area contributed by atoms with Crippen LogP contribution in [0.25, 0.3) is 11.1 Å². The molecule has 0 radical (unpaired) electrons. The average Bonchev–Trinajstić information content (AvgIpc) is 2.84. The van der Waals surface area contributed by atoms with E-state index in [-0.39, 0.29) is 17.6 Å². The fraction of sp³-hybridized carbons (Fsp3) is 0.259. The second-order valence-electron chi connectivity index (χ2n) is 7.62. The van der Waals surface area contributed by atoms with Crippen molar-refractivity contribution in [3.63, 3.8) is 0 Å². The molecule has 0 aromatic heterocycles. The molecule has 0 aliphatic carbocycles. The van der Waals surface area contributed by atoms with Gasteiger partial charge in [0.1, 0.15) is 0 Å². The lowest BCUT2D eigenvalue weighted by molar-refractivity contribution is -0.124. The number of benzene rings is 3. The molecule has 0 atom stereocenters. The van der Waals surface area contributed by atoms with E-state index < -0.39 is 0 Å². The first-order valence-electron chi connectivity index (χ1n) is 11.1. The summed E-state index contributed by atoms with van der Waals surface area (Å²) in [7, 11) is 0. The minimum Gasteiger partial charge on any atom is -0.273 e. The van der Waals surface area contributed by atoms with Gasteiger partial charge in [0, 0.05) is 12.2 Å². The lowest BCUT2D eigenvalue weighted by Gasteiger charge is -2.24. The Balaban J connectivity index is 1.70. The van der Waals surface area contributed by atoms with E-state index in [0.717, 1.165) is 36.1 Å². The zero-order chi connectivity index (χ0) is 22.6. The molecule has 3 aromatic rings. The average molecular weight is 447 g/mol. The van der Waals surface area contributed by atoms with Crippen LogP contribution in [0.3, 0.4) is 0 Å². The number of hydrazine groups is 1. The third-order valence-corrected chi connectivity index (χ3v) is 6.04. The van der Waals surface area contributed by atoms with Crippen LogP contribution in [0.4, 0.5) is 5.69 Å². The lowest BCUT2D eigenvalue weighted by atomic mass is 10.1. The third kappa shape index (κ3) is 7.27. The zero-order valence-corrected chi connectivity index (χ0v) is 19.3. The highest BCUT2D eigenvalue weighted by Gasteiger charge is 2.19. The highest BCUT2D eigenvalue weighted by molar-refractivity contribution is 7.99. The van der Waals surface area contributed by atoms with E-state index >= 15 is 0 Å². The molecule has 0 aliphatic heterocycles. The van der Waals surface area contributed by atoms with Gasteiger partial charge >= 0.3 is 0 Å². The Morgan fingerprint density at radius 3 is 2.25 bits per heavy atom. The molecule has 2 amide bonds. The van der Waals surface area contributed by atoms with E-state index in [9.17, 15) is 9.59 Å². The summed E-state index contributed by atoms with van der Waals surface area (Å²) in [5.74, 6) is 0.763. The minimum atomic E-state index is -0.181. The van der Waals surface area contributed by atoms with Crippen molar-refractivity contribution in [1.29, 1.82) is 0 Å². The molecule has 0 bridgehead atoms. The van der Waals surface area contributed by atoms with E-state index in [2.05, 4.69) is 12.3 Å². The van der Waals surface area contributed by atoms with Gasteiger partial charge in [0.2, 0.25) is 11.8 Å². The zero-order valence-electron chi connectivity index (χ0n) is 18.5. The van der Waals surface area contributed by atoms with Gasteiger partial charge < -0.3 is 0 Å². The number of hydrogen-bond acceptors (Lipinski definition) is 3. The molecule has 0 spiro atoms. The maximum absolute atomic E-state index is 13.0. The third-order valence-electron chi connectivity index (χ3n) is 5.04. The van der Waals surface area contributed by atoms with Crippen molar-refractivity contribution < 1.29 is 9.59 Å². The quantitative estimate of drug-likeness (QED) is 0.297. The number of rotatable bonds is 10. The number of nitrogens with zero attached hydrogens (tertiary/aromatic N) is 1. The standard InChI is InChI=1S/C27H30N2O2S/c1-2-3-6-18-27(31)29(28-26(30)21-32-20-22-12-7-4-8-13-22)25-17-11-16-24(19-25)23-14-9-5-10-15-23/h4-5,7-17,19H,2-3,6,18,20-21H2,1H3,(H,28,30). The van der Waals surface area contributed by atoms with Gasteiger partial charge in [0.15, 0.2) is 0 Å². The second-order valence-corrected chi connectivity index (χ2v) is 8.60. The van der Waals surface area contributed by atoms with Gasteiger partial charge in [-0.25, -0.2) is 5.01 Å². The van der Waals surface area contributed by atoms with Crippen LogP contribution in [0.15, 0.2) is 84.9 Å². The molecule has 5 heteroatoms. The maximum Gasteiger partial charge on any atom is 0.248 e. The van der Waals surface area contributed by atoms with E-state index in [4.69, 9.17) is 0 Å². The van der Waals surface area contributed by atoms with Crippen LogP contribution in [-0.4, -0.2) is 17.6 Å². The number of carbonyl (C=O) groups excluding carboxylic acids is 2. The Kier molecular flexibility index (Phi) is 9.38. The monoisotopic (exact) mass is 446 g/mol. The van der Waals surface area contributed by atoms with Crippen LogP contribution < -0.4 is 10.4 Å². The number of nitrogens with one attached hydrogen (secondary N) is 1. The summed E-state index contributed by atoms with van der Waals surface area (Å²) in [6, 6.07) is 27.8. The Morgan fingerprint density at radius 2 is 1.53 bits per heavy atom. The molecule has 32 heavy (non-hydrogen) atoms. The van der Waals surface area contributed by atoms with Gasteiger partial charge in [-0.1, -0.05) is 92.6 Å². The van der Waals surface area contributed by atoms with Crippen LogP contribution in [0.5, 0.6) is 0 Å². The lowest BCUT2D eigenvalue weighted by Crippen LogP contribution is -2.47. The van der Waals surface area contributed by atoms with E-state index in [1.165, 1.54) is 22.3 Å². The van der Waals surface area contributed by atoms with Crippen LogP contribution in [0, 0.1) is 0 Å². The van der Waals surface area contributed by atoms with Crippen molar-refractivity contribution in [2.75, 3.05) is 10.8 Å². The van der Waals surface area contributed by atoms with Gasteiger partial charge in [-0.3, -0.25) is 15.0 Å². The Bertz CT molecular complexity index is 993. The predicted molar refractivity (Wildman–Crippen MR) is 134 cm³/mol. The summed E-state index contributed by atoms with van der Waals surface area (Å²) in [5, 5.41) is 1.42. The molecule has 0 heterocycles. The van der Waals surface area contributed by atoms with E-state index in [0.29, 0.717) is 12.1 Å². The van der Waals surface area contributed by atoms with Crippen LogP contribution in [0.1, 0.15) is 38.2 Å². The van der Waals surface area contributed by atoms with Crippen LogP contribution in [-0.2, 0) is 15.3 Å². The van der Waals surface area contributed by atoms with E-state index in [1.807, 2.05) is 84.9 Å². The molecule has 0 saturated heterocycles. The maximum atomic E-state index is 13.0. The topological polar surface area (TPSA) is 49.4 Å². The van der Waals surface area contributed by atoms with E-state index in [1.54, 1.807) is 0 Å². The predicted octanol–water partition coefficient (Wildman–Crippen LogP) is 6.23. The summed E-state index contributed by atoms with van der Waals surface area (Å²) in [4.78, 5) is 25.7. The Morgan fingerprint density at radius 1 is 0.844 bits per heavy atom. The summed E-state index contributed by atoms with van der Waals surface area (Å²) >= 11 is 1.53. The van der Waals surface area contributed by atoms with Crippen LogP contribution >= 0.6 is 11.8 Å². The molecule has 0 fully saturated rings. The van der Waals surface area contributed by atoms with Crippen molar-refractivity contribution in [3.8, 4) is 11.1 Å². The number of anilines is 1. The summed E-state index contributed by atoms with van der Waals surface area (Å²) in [6.45, 7) is 2.11. The first kappa shape index (κ1) is 23.6. The highest BCUT2D eigenvalue weighted by atomic mass is 32.2. The largest absolute Gasteiger partial charge is 0.273 e. The van der Waals surface area contributed by atoms with Gasteiger partial charge in [-0.2, -0.15) is 0 Å². The fourth-order valence-corrected chi connectivity index (χ4v) is 4.14. The SMILES string of the molecule is CCCCCC(=O)N(NC(=O)CSCc1ccccc1)c1cccc(-c2ccccc2)c1. The molecule has 0 saturated carbocycles. The number of amides is 2. The molecule has 166 valence electrons. The van der Waals surface area contributed by atoms with Gasteiger partial charge in [0.05, 0.1) is 11.4 Å². The number of unbranched alkanes of at least 4 members (excludes halogenated alkanes) is 2. The first-order valence-corrected chi connectivity index (χ1v) is 12.2. The fourth-order valence-electron chi connectivity index (χ4n) is 3.36. The molecular weight excluding hydrogens is 416 g/mol. The number of hydrogen-bond donors (Lipinski definition) is 1. The summed E-state index contributed by atoms with van der Waals surface area (Å²) in [5.41, 5.74) is 6.77. The second kappa shape index (κ2) is 12.7. The smallest absolute Gasteiger partial charge is 0.248 e. The van der Waals surface area contributed by atoms with Gasteiger partial charge in [0.25, 0.3) is 0 Å². The Labute approximate surface area is 195 Å². The van der Waals surface area contributed by atoms with Crippen molar-refractivity contribution in [2.45, 2.75) is 38.4 Å². The first-order chi connectivity index (χ1) is 15.7. The normalized spacial score (nSPS) is 10.5. The van der Waals surface area contributed by atoms with Crippen molar-refractivity contribution in [1.82, 2.24) is 5.43 Å². The summed E-state index contributed by atoms with van der Waals surface area (Å²) in [6.07, 6.45) is 3.24. The van der Waals surface area contributed by atoms with Gasteiger partial charge in [-0.05, 0) is 35.2 Å². The number of carbonyl (C=O) groups is 2. The van der Waals surface area contributed by atoms with Crippen LogP contribution in [0.2, 0.25) is 0 Å². The molecule has 0 aliphatic rings. The molecule has 3 rings (SSSR count). The molecule has 3 aromatic carbocycles. The molecule has 0 unspecified atom stereocenters. The van der Waals surface area contributed by atoms with Gasteiger partial charge in [-0.15, -0.1) is 11.8 Å². The van der Waals surface area contributed by atoms with Crippen molar-refractivity contribution in [2.24, 2.45) is 0 Å². The van der Waals surface area contributed by atoms with Crippen molar-refractivity contribution >= 4 is 29.3 Å². The molecular formula is C27H30N2O2S. The molecule has 4 nitrogen and oxygen atoms in total. The minimum absolute atomic E-state index is 0.0925. The Hall–Kier alpha value is -3.05. The molecule has 1 N–H and O–H groups in total. The number of thioether (sulfide) groups is 1. The summed E-state index contributed by atoms with van der Waals surface area (Å²) < 4.78 is 0.